The van der Waals surface area contributed by atoms with Gasteiger partial charge in [-0.25, -0.2) is 0 Å². The minimum absolute atomic E-state index is 0.487. The van der Waals surface area contributed by atoms with Crippen molar-refractivity contribution in [3.05, 3.63) is 29.3 Å². The minimum Gasteiger partial charge on any atom is -0.496 e. The zero-order valence-corrected chi connectivity index (χ0v) is 11.5. The Labute approximate surface area is 108 Å². The van der Waals surface area contributed by atoms with Crippen molar-refractivity contribution in [3.8, 4) is 11.2 Å². The average molecular weight is 249 g/mol. The normalized spacial score (nSPS) is 11.9. The Hall–Kier alpha value is -1.14. The third kappa shape index (κ3) is 4.32. The van der Waals surface area contributed by atoms with Gasteiger partial charge in [0.05, 0.1) is 7.11 Å². The van der Waals surface area contributed by atoms with Crippen molar-refractivity contribution >= 4 is 11.8 Å². The quantitative estimate of drug-likeness (QED) is 0.721. The molecule has 1 rings (SSSR count). The summed E-state index contributed by atoms with van der Waals surface area (Å²) in [6.45, 7) is 4.32. The molecule has 1 aromatic rings. The number of nitrogens with zero attached hydrogens (tertiary/aromatic N) is 1. The zero-order valence-electron chi connectivity index (χ0n) is 10.7. The van der Waals surface area contributed by atoms with Crippen LogP contribution in [0.25, 0.3) is 0 Å². The second-order valence-electron chi connectivity index (χ2n) is 4.21. The molecule has 0 heterocycles. The Morgan fingerprint density at radius 1 is 1.47 bits per heavy atom. The van der Waals surface area contributed by atoms with Crippen molar-refractivity contribution in [2.45, 2.75) is 26.7 Å². The summed E-state index contributed by atoms with van der Waals surface area (Å²) in [5.41, 5.74) is 2.58. The van der Waals surface area contributed by atoms with Crippen molar-refractivity contribution in [3.63, 3.8) is 0 Å². The molecule has 1 unspecified atom stereocenters. The van der Waals surface area contributed by atoms with Gasteiger partial charge in [-0.05, 0) is 47.7 Å². The molecule has 0 aliphatic carbocycles. The predicted molar refractivity (Wildman–Crippen MR) is 73.3 cm³/mol. The molecule has 0 spiro atoms. The summed E-state index contributed by atoms with van der Waals surface area (Å²) < 4.78 is 5.38. The molecule has 3 heteroatoms. The molecular formula is C14H19NOS. The maximum Gasteiger partial charge on any atom is 0.133 e. The van der Waals surface area contributed by atoms with E-state index in [9.17, 15) is 0 Å². The van der Waals surface area contributed by atoms with Crippen LogP contribution in [0.5, 0.6) is 5.75 Å². The van der Waals surface area contributed by atoms with E-state index < -0.39 is 0 Å². The van der Waals surface area contributed by atoms with Gasteiger partial charge in [0.15, 0.2) is 0 Å². The van der Waals surface area contributed by atoms with Crippen molar-refractivity contribution in [2.24, 2.45) is 5.92 Å². The Bertz CT molecular complexity index is 398. The maximum absolute atomic E-state index is 8.55. The van der Waals surface area contributed by atoms with Gasteiger partial charge < -0.3 is 4.74 Å². The molecule has 0 radical (unpaired) electrons. The molecule has 0 saturated heterocycles. The molecule has 0 amide bonds. The van der Waals surface area contributed by atoms with Gasteiger partial charge in [-0.2, -0.15) is 5.26 Å². The smallest absolute Gasteiger partial charge is 0.133 e. The second kappa shape index (κ2) is 7.24. The highest BCUT2D eigenvalue weighted by atomic mass is 32.2. The van der Waals surface area contributed by atoms with Gasteiger partial charge in [-0.3, -0.25) is 0 Å². The number of hydrogen-bond donors (Lipinski definition) is 0. The molecule has 1 aromatic carbocycles. The maximum atomic E-state index is 8.55. The third-order valence-corrected chi connectivity index (χ3v) is 3.62. The van der Waals surface area contributed by atoms with E-state index in [4.69, 9.17) is 10.00 Å². The fourth-order valence-electron chi connectivity index (χ4n) is 1.83. The molecule has 0 aliphatic heterocycles. The minimum atomic E-state index is 0.487. The van der Waals surface area contributed by atoms with Crippen LogP contribution < -0.4 is 4.74 Å². The number of thiocyanates is 1. The van der Waals surface area contributed by atoms with E-state index >= 15 is 0 Å². The summed E-state index contributed by atoms with van der Waals surface area (Å²) in [5, 5.41) is 10.7. The van der Waals surface area contributed by atoms with Gasteiger partial charge in [0.2, 0.25) is 0 Å². The number of ether oxygens (including phenoxy) is 1. The van der Waals surface area contributed by atoms with E-state index in [1.54, 1.807) is 7.11 Å². The van der Waals surface area contributed by atoms with Crippen LogP contribution in [0.1, 0.15) is 25.0 Å². The lowest BCUT2D eigenvalue weighted by Crippen LogP contribution is -2.04. The molecule has 0 aliphatic rings. The van der Waals surface area contributed by atoms with Gasteiger partial charge in [0.1, 0.15) is 11.2 Å². The van der Waals surface area contributed by atoms with Crippen LogP contribution >= 0.6 is 11.8 Å². The van der Waals surface area contributed by atoms with Crippen LogP contribution in [0.2, 0.25) is 0 Å². The van der Waals surface area contributed by atoms with Gasteiger partial charge >= 0.3 is 0 Å². The largest absolute Gasteiger partial charge is 0.496 e. The van der Waals surface area contributed by atoms with Crippen molar-refractivity contribution in [1.82, 2.24) is 0 Å². The molecule has 0 aromatic heterocycles. The molecule has 17 heavy (non-hydrogen) atoms. The molecule has 0 fully saturated rings. The first-order chi connectivity index (χ1) is 8.21. The molecule has 0 saturated carbocycles. The summed E-state index contributed by atoms with van der Waals surface area (Å²) in [7, 11) is 1.71. The summed E-state index contributed by atoms with van der Waals surface area (Å²) in [6, 6.07) is 6.36. The number of benzene rings is 1. The summed E-state index contributed by atoms with van der Waals surface area (Å²) in [5.74, 6) is 2.31. The Morgan fingerprint density at radius 3 is 2.82 bits per heavy atom. The van der Waals surface area contributed by atoms with E-state index in [1.807, 2.05) is 6.07 Å². The molecule has 92 valence electrons. The van der Waals surface area contributed by atoms with Gasteiger partial charge in [0.25, 0.3) is 0 Å². The molecule has 0 bridgehead atoms. The highest BCUT2D eigenvalue weighted by Crippen LogP contribution is 2.24. The van der Waals surface area contributed by atoms with Crippen LogP contribution in [-0.4, -0.2) is 12.9 Å². The van der Waals surface area contributed by atoms with Crippen molar-refractivity contribution < 1.29 is 4.74 Å². The predicted octanol–water partition coefficient (Wildman–Crippen LogP) is 3.65. The van der Waals surface area contributed by atoms with Crippen LogP contribution in [0.4, 0.5) is 0 Å². The first-order valence-electron chi connectivity index (χ1n) is 5.87. The lowest BCUT2D eigenvalue weighted by atomic mass is 9.99. The second-order valence-corrected chi connectivity index (χ2v) is 5.02. The van der Waals surface area contributed by atoms with Crippen LogP contribution in [0, 0.1) is 16.6 Å². The highest BCUT2D eigenvalue weighted by molar-refractivity contribution is 8.03. The molecular weight excluding hydrogens is 230 g/mol. The number of methoxy groups -OCH3 is 1. The van der Waals surface area contributed by atoms with E-state index in [2.05, 4.69) is 31.4 Å². The zero-order chi connectivity index (χ0) is 12.7. The average Bonchev–Trinajstić information content (AvgIpc) is 2.36. The topological polar surface area (TPSA) is 33.0 Å². The highest BCUT2D eigenvalue weighted by Gasteiger charge is 2.09. The Morgan fingerprint density at radius 2 is 2.24 bits per heavy atom. The number of rotatable bonds is 6. The van der Waals surface area contributed by atoms with Crippen LogP contribution in [-0.2, 0) is 12.8 Å². The number of nitriles is 1. The van der Waals surface area contributed by atoms with Crippen LogP contribution in [0.15, 0.2) is 18.2 Å². The standard InChI is InChI=1S/C14H19NOS/c1-4-12-5-6-14(16-3)13(8-12)7-11(2)9-17-10-15/h5-6,8,11H,4,7,9H2,1-3H3. The fourth-order valence-corrected chi connectivity index (χ4v) is 2.30. The van der Waals surface area contributed by atoms with Crippen molar-refractivity contribution in [2.75, 3.05) is 12.9 Å². The van der Waals surface area contributed by atoms with E-state index in [1.165, 1.54) is 22.9 Å². The van der Waals surface area contributed by atoms with E-state index in [0.717, 1.165) is 24.3 Å². The summed E-state index contributed by atoms with van der Waals surface area (Å²) in [6.07, 6.45) is 2.00. The Kier molecular flexibility index (Phi) is 5.93. The number of aryl methyl sites for hydroxylation is 1. The number of thioether (sulfide) groups is 1. The third-order valence-electron chi connectivity index (χ3n) is 2.75. The molecule has 1 atom stereocenters. The first kappa shape index (κ1) is 13.9. The van der Waals surface area contributed by atoms with Gasteiger partial charge in [0, 0.05) is 5.75 Å². The Balaban J connectivity index is 2.77. The monoisotopic (exact) mass is 249 g/mol. The lowest BCUT2D eigenvalue weighted by molar-refractivity contribution is 0.407. The first-order valence-corrected chi connectivity index (χ1v) is 6.86. The van der Waals surface area contributed by atoms with E-state index in [-0.39, 0.29) is 0 Å². The van der Waals surface area contributed by atoms with Gasteiger partial charge in [-0.15, -0.1) is 0 Å². The summed E-state index contributed by atoms with van der Waals surface area (Å²) >= 11 is 1.32. The van der Waals surface area contributed by atoms with Gasteiger partial charge in [-0.1, -0.05) is 26.0 Å². The van der Waals surface area contributed by atoms with Crippen molar-refractivity contribution in [1.29, 1.82) is 5.26 Å². The van der Waals surface area contributed by atoms with E-state index in [0.29, 0.717) is 5.92 Å². The molecule has 0 N–H and O–H groups in total. The molecule has 2 nitrogen and oxygen atoms in total. The lowest BCUT2D eigenvalue weighted by Gasteiger charge is -2.13. The summed E-state index contributed by atoms with van der Waals surface area (Å²) in [4.78, 5) is 0. The fraction of sp³-hybridized carbons (Fsp3) is 0.500. The number of hydrogen-bond acceptors (Lipinski definition) is 3. The SMILES string of the molecule is CCc1ccc(OC)c(CC(C)CSC#N)c1. The van der Waals surface area contributed by atoms with Crippen LogP contribution in [0.3, 0.4) is 0 Å².